The standard InChI is InChI=1S/C30H36N4O7/c1-33(2)19-12-15(13-32-16-8-6-5-7-9-16)24(35)21-17(19)10-14-11-18-23(34(3)4)26(37)22(29(31)40)28(39)30(18,41)27(38)20(14)25(21)36/h5-9,12,14,18,22-23,26,32,35-37,41H,10-11,13H2,1-4H3,(H2,31,40)/t14-,18-,22?,23-,26?,30-/m1/s1. The molecule has 41 heavy (non-hydrogen) atoms. The molecule has 0 aliphatic heterocycles. The van der Waals surface area contributed by atoms with Gasteiger partial charge in [-0.2, -0.15) is 0 Å². The number of hydrogen-bond donors (Lipinski definition) is 6. The molecule has 2 saturated carbocycles. The van der Waals surface area contributed by atoms with Crippen LogP contribution >= 0.6 is 0 Å². The highest BCUT2D eigenvalue weighted by atomic mass is 16.3. The van der Waals surface area contributed by atoms with Crippen LogP contribution in [0.2, 0.25) is 0 Å². The number of fused-ring (bicyclic) bond motifs is 3. The highest BCUT2D eigenvalue weighted by Gasteiger charge is 2.67. The van der Waals surface area contributed by atoms with Gasteiger partial charge in [-0.15, -0.1) is 0 Å². The lowest BCUT2D eigenvalue weighted by Crippen LogP contribution is -2.73. The summed E-state index contributed by atoms with van der Waals surface area (Å²) < 4.78 is 0. The van der Waals surface area contributed by atoms with Crippen molar-refractivity contribution in [2.45, 2.75) is 37.1 Å². The largest absolute Gasteiger partial charge is 0.507 e. The molecule has 11 nitrogen and oxygen atoms in total. The average Bonchev–Trinajstić information content (AvgIpc) is 2.90. The predicted octanol–water partition coefficient (Wildman–Crippen LogP) is 0.807. The molecular formula is C30H36N4O7. The van der Waals surface area contributed by atoms with Crippen molar-refractivity contribution in [3.8, 4) is 5.75 Å². The molecule has 3 aliphatic carbocycles. The number of aliphatic hydroxyl groups excluding tert-OH is 2. The molecule has 0 aromatic heterocycles. The molecule has 0 radical (unpaired) electrons. The van der Waals surface area contributed by atoms with E-state index >= 15 is 0 Å². The van der Waals surface area contributed by atoms with E-state index in [1.807, 2.05) is 55.4 Å². The SMILES string of the molecule is CN(C)c1cc(CNc2ccccc2)c(O)c2c1C[C@@H]1C[C@@H]3[C@@H](N(C)C)C(O)C(C(N)=O)C(=O)[C@]3(O)C(=O)C1=C2O. The fourth-order valence-electron chi connectivity index (χ4n) is 6.99. The molecule has 2 aromatic carbocycles. The number of amides is 1. The number of Topliss-reactive ketones (excluding diaryl/α,β-unsaturated/α-hetero) is 2. The van der Waals surface area contributed by atoms with Gasteiger partial charge in [0, 0.05) is 55.1 Å². The number of nitrogens with one attached hydrogen (secondary N) is 1. The van der Waals surface area contributed by atoms with Crippen molar-refractivity contribution in [2.75, 3.05) is 38.4 Å². The second-order valence-electron chi connectivity index (χ2n) is 11.7. The van der Waals surface area contributed by atoms with Crippen LogP contribution in [0.25, 0.3) is 5.76 Å². The summed E-state index contributed by atoms with van der Waals surface area (Å²) in [5.74, 6) is -7.54. The normalized spacial score (nSPS) is 29.1. The number of rotatable bonds is 6. The van der Waals surface area contributed by atoms with Gasteiger partial charge in [-0.05, 0) is 56.6 Å². The lowest BCUT2D eigenvalue weighted by molar-refractivity contribution is -0.184. The Hall–Kier alpha value is -3.93. The number of para-hydroxylation sites is 1. The Labute approximate surface area is 237 Å². The van der Waals surface area contributed by atoms with Gasteiger partial charge in [-0.3, -0.25) is 14.4 Å². The van der Waals surface area contributed by atoms with E-state index in [1.54, 1.807) is 19.0 Å². The van der Waals surface area contributed by atoms with Crippen molar-refractivity contribution >= 4 is 34.6 Å². The Morgan fingerprint density at radius 2 is 1.78 bits per heavy atom. The minimum atomic E-state index is -2.68. The fourth-order valence-corrected chi connectivity index (χ4v) is 6.99. The molecule has 0 saturated heterocycles. The van der Waals surface area contributed by atoms with Crippen LogP contribution < -0.4 is 16.0 Å². The minimum absolute atomic E-state index is 0.0709. The Balaban J connectivity index is 1.65. The number of aliphatic hydroxyl groups is 3. The van der Waals surface area contributed by atoms with Gasteiger partial charge in [-0.1, -0.05) is 18.2 Å². The van der Waals surface area contributed by atoms with Gasteiger partial charge in [0.15, 0.2) is 11.4 Å². The number of anilines is 2. The molecular weight excluding hydrogens is 528 g/mol. The second kappa shape index (κ2) is 10.2. The van der Waals surface area contributed by atoms with Crippen LogP contribution in [0, 0.1) is 17.8 Å². The summed E-state index contributed by atoms with van der Waals surface area (Å²) in [4.78, 5) is 43.2. The number of phenolic OH excluding ortho intramolecular Hbond substituents is 1. The summed E-state index contributed by atoms with van der Waals surface area (Å²) in [6, 6.07) is 10.3. The first kappa shape index (κ1) is 28.6. The number of ketones is 2. The lowest BCUT2D eigenvalue weighted by atomic mass is 9.54. The highest BCUT2D eigenvalue weighted by molar-refractivity contribution is 6.25. The van der Waals surface area contributed by atoms with Gasteiger partial charge in [0.1, 0.15) is 17.4 Å². The quantitative estimate of drug-likeness (QED) is 0.275. The predicted molar refractivity (Wildman–Crippen MR) is 152 cm³/mol. The number of likely N-dealkylation sites (N-methyl/N-ethyl adjacent to an activating group) is 1. The maximum atomic E-state index is 14.1. The molecule has 218 valence electrons. The Morgan fingerprint density at radius 3 is 2.37 bits per heavy atom. The van der Waals surface area contributed by atoms with E-state index in [9.17, 15) is 34.8 Å². The number of hydrogen-bond acceptors (Lipinski definition) is 10. The third kappa shape index (κ3) is 4.27. The summed E-state index contributed by atoms with van der Waals surface area (Å²) in [7, 11) is 6.92. The van der Waals surface area contributed by atoms with Crippen LogP contribution in [-0.4, -0.2) is 88.7 Å². The first-order valence-corrected chi connectivity index (χ1v) is 13.5. The van der Waals surface area contributed by atoms with E-state index in [2.05, 4.69) is 5.32 Å². The molecule has 1 amide bonds. The van der Waals surface area contributed by atoms with E-state index < -0.39 is 58.7 Å². The minimum Gasteiger partial charge on any atom is -0.507 e. The van der Waals surface area contributed by atoms with Crippen molar-refractivity contribution in [3.63, 3.8) is 0 Å². The van der Waals surface area contributed by atoms with Gasteiger partial charge >= 0.3 is 0 Å². The zero-order chi connectivity index (χ0) is 30.0. The average molecular weight is 565 g/mol. The monoisotopic (exact) mass is 564 g/mol. The zero-order valence-electron chi connectivity index (χ0n) is 23.5. The van der Waals surface area contributed by atoms with Gasteiger partial charge in [-0.25, -0.2) is 0 Å². The Kier molecular flexibility index (Phi) is 7.09. The van der Waals surface area contributed by atoms with Gasteiger partial charge < -0.3 is 41.3 Å². The van der Waals surface area contributed by atoms with Crippen molar-refractivity contribution in [1.29, 1.82) is 0 Å². The molecule has 6 atom stereocenters. The summed E-state index contributed by atoms with van der Waals surface area (Å²) in [5.41, 5.74) is 5.32. The number of nitrogens with two attached hydrogens (primary N) is 1. The van der Waals surface area contributed by atoms with E-state index in [4.69, 9.17) is 5.73 Å². The first-order valence-electron chi connectivity index (χ1n) is 13.5. The molecule has 5 rings (SSSR count). The van der Waals surface area contributed by atoms with Crippen LogP contribution in [0.5, 0.6) is 5.75 Å². The smallest absolute Gasteiger partial charge is 0.230 e. The summed E-state index contributed by atoms with van der Waals surface area (Å²) in [5, 5.41) is 49.0. The maximum Gasteiger partial charge on any atom is 0.230 e. The summed E-state index contributed by atoms with van der Waals surface area (Å²) in [6.07, 6.45) is -1.21. The number of carbonyl (C=O) groups excluding carboxylic acids is 3. The third-order valence-electron chi connectivity index (χ3n) is 8.88. The molecule has 0 heterocycles. The maximum absolute atomic E-state index is 14.1. The number of primary amides is 1. The molecule has 0 bridgehead atoms. The van der Waals surface area contributed by atoms with Crippen LogP contribution in [0.1, 0.15) is 23.1 Å². The Morgan fingerprint density at radius 1 is 1.12 bits per heavy atom. The number of aromatic hydroxyl groups is 1. The summed E-state index contributed by atoms with van der Waals surface area (Å²) >= 11 is 0. The molecule has 0 spiro atoms. The molecule has 2 unspecified atom stereocenters. The number of carbonyl (C=O) groups is 3. The van der Waals surface area contributed by atoms with Crippen LogP contribution in [0.3, 0.4) is 0 Å². The van der Waals surface area contributed by atoms with Gasteiger partial charge in [0.25, 0.3) is 0 Å². The van der Waals surface area contributed by atoms with E-state index in [-0.39, 0.29) is 36.3 Å². The van der Waals surface area contributed by atoms with E-state index in [1.165, 1.54) is 0 Å². The van der Waals surface area contributed by atoms with Crippen molar-refractivity contribution in [3.05, 3.63) is 58.7 Å². The van der Waals surface area contributed by atoms with Gasteiger partial charge in [0.05, 0.1) is 11.7 Å². The molecule has 2 fully saturated rings. The van der Waals surface area contributed by atoms with Crippen LogP contribution in [0.4, 0.5) is 11.4 Å². The van der Waals surface area contributed by atoms with Crippen LogP contribution in [0.15, 0.2) is 42.0 Å². The molecule has 2 aromatic rings. The van der Waals surface area contributed by atoms with Crippen LogP contribution in [-0.2, 0) is 27.3 Å². The van der Waals surface area contributed by atoms with Crippen molar-refractivity contribution in [1.82, 2.24) is 4.90 Å². The first-order chi connectivity index (χ1) is 19.3. The third-order valence-corrected chi connectivity index (χ3v) is 8.88. The second-order valence-corrected chi connectivity index (χ2v) is 11.7. The highest BCUT2D eigenvalue weighted by Crippen LogP contribution is 2.53. The number of nitrogens with zero attached hydrogens (tertiary/aromatic N) is 2. The van der Waals surface area contributed by atoms with E-state index in [0.29, 0.717) is 11.1 Å². The molecule has 11 heteroatoms. The number of benzene rings is 2. The van der Waals surface area contributed by atoms with E-state index in [0.717, 1.165) is 11.4 Å². The van der Waals surface area contributed by atoms with Crippen molar-refractivity contribution < 1.29 is 34.8 Å². The molecule has 3 aliphatic rings. The zero-order valence-corrected chi connectivity index (χ0v) is 23.5. The van der Waals surface area contributed by atoms with Gasteiger partial charge in [0.2, 0.25) is 11.7 Å². The van der Waals surface area contributed by atoms with Crippen molar-refractivity contribution in [2.24, 2.45) is 23.5 Å². The number of phenols is 1. The Bertz CT molecular complexity index is 1450. The topological polar surface area (TPSA) is 177 Å². The lowest BCUT2D eigenvalue weighted by Gasteiger charge is -2.53. The summed E-state index contributed by atoms with van der Waals surface area (Å²) in [6.45, 7) is 0.219. The fraction of sp³-hybridized carbons (Fsp3) is 0.433. The molecule has 7 N–H and O–H groups in total.